The average Bonchev–Trinajstić information content (AvgIpc) is 2.61. The van der Waals surface area contributed by atoms with Crippen LogP contribution in [0, 0.1) is 0 Å². The van der Waals surface area contributed by atoms with Crippen LogP contribution in [0.5, 0.6) is 5.75 Å². The van der Waals surface area contributed by atoms with Crippen LogP contribution in [-0.2, 0) is 4.79 Å². The van der Waals surface area contributed by atoms with Crippen molar-refractivity contribution in [3.8, 4) is 5.75 Å². The number of carbonyl (C=O) groups excluding carboxylic acids is 2. The van der Waals surface area contributed by atoms with Gasteiger partial charge >= 0.3 is 6.36 Å². The van der Waals surface area contributed by atoms with Gasteiger partial charge in [-0.15, -0.1) is 13.2 Å². The van der Waals surface area contributed by atoms with E-state index in [0.29, 0.717) is 5.56 Å². The normalized spacial score (nSPS) is 13.4. The van der Waals surface area contributed by atoms with Gasteiger partial charge in [0.15, 0.2) is 0 Å². The van der Waals surface area contributed by atoms with Crippen molar-refractivity contribution in [3.63, 3.8) is 0 Å². The lowest BCUT2D eigenvalue weighted by Crippen LogP contribution is -2.45. The van der Waals surface area contributed by atoms with E-state index in [9.17, 15) is 22.8 Å². The maximum Gasteiger partial charge on any atom is 0.573 e. The van der Waals surface area contributed by atoms with Crippen molar-refractivity contribution in [1.29, 1.82) is 0 Å². The molecule has 9 heteroatoms. The molecule has 0 bridgehead atoms. The largest absolute Gasteiger partial charge is 0.573 e. The Hall–Kier alpha value is -2.74. The minimum Gasteiger partial charge on any atom is -0.406 e. The SMILES string of the molecule is CC(NC(=O)c1ccccc1Cl)C(=O)NC(C)c1ccc(OC(F)(F)F)cc1. The van der Waals surface area contributed by atoms with Crippen molar-refractivity contribution in [3.05, 3.63) is 64.7 Å². The van der Waals surface area contributed by atoms with Crippen LogP contribution < -0.4 is 15.4 Å². The summed E-state index contributed by atoms with van der Waals surface area (Å²) in [4.78, 5) is 24.5. The lowest BCUT2D eigenvalue weighted by atomic mass is 10.1. The Labute approximate surface area is 164 Å². The van der Waals surface area contributed by atoms with Crippen molar-refractivity contribution < 1.29 is 27.5 Å². The number of hydrogen-bond acceptors (Lipinski definition) is 3. The molecule has 0 spiro atoms. The predicted octanol–water partition coefficient (Wildman–Crippen LogP) is 4.23. The maximum absolute atomic E-state index is 12.3. The van der Waals surface area contributed by atoms with Gasteiger partial charge in [-0.25, -0.2) is 0 Å². The van der Waals surface area contributed by atoms with E-state index in [1.807, 2.05) is 0 Å². The van der Waals surface area contributed by atoms with Gasteiger partial charge in [-0.05, 0) is 43.7 Å². The Morgan fingerprint density at radius 3 is 2.18 bits per heavy atom. The van der Waals surface area contributed by atoms with Gasteiger partial charge in [0.1, 0.15) is 11.8 Å². The van der Waals surface area contributed by atoms with Crippen LogP contribution in [0.25, 0.3) is 0 Å². The molecule has 2 atom stereocenters. The van der Waals surface area contributed by atoms with Crippen molar-refractivity contribution in [2.75, 3.05) is 0 Å². The first-order valence-electron chi connectivity index (χ1n) is 8.28. The number of nitrogens with one attached hydrogen (secondary N) is 2. The molecule has 2 rings (SSSR count). The fourth-order valence-electron chi connectivity index (χ4n) is 2.37. The van der Waals surface area contributed by atoms with Gasteiger partial charge in [0.2, 0.25) is 5.91 Å². The van der Waals surface area contributed by atoms with E-state index in [2.05, 4.69) is 15.4 Å². The summed E-state index contributed by atoms with van der Waals surface area (Å²) in [5.41, 5.74) is 0.824. The monoisotopic (exact) mass is 414 g/mol. The van der Waals surface area contributed by atoms with Crippen molar-refractivity contribution >= 4 is 23.4 Å². The zero-order valence-electron chi connectivity index (χ0n) is 15.0. The van der Waals surface area contributed by atoms with E-state index in [0.717, 1.165) is 12.1 Å². The Balaban J connectivity index is 1.94. The zero-order valence-corrected chi connectivity index (χ0v) is 15.8. The number of halogens is 4. The van der Waals surface area contributed by atoms with E-state index in [1.165, 1.54) is 25.1 Å². The molecule has 28 heavy (non-hydrogen) atoms. The minimum absolute atomic E-state index is 0.247. The average molecular weight is 415 g/mol. The molecular formula is C19H18ClF3N2O3. The van der Waals surface area contributed by atoms with Crippen LogP contribution in [0.15, 0.2) is 48.5 Å². The summed E-state index contributed by atoms with van der Waals surface area (Å²) < 4.78 is 40.4. The van der Waals surface area contributed by atoms with Crippen LogP contribution in [0.1, 0.15) is 35.8 Å². The molecule has 0 heterocycles. The fourth-order valence-corrected chi connectivity index (χ4v) is 2.59. The van der Waals surface area contributed by atoms with E-state index >= 15 is 0 Å². The third-order valence-corrected chi connectivity index (χ3v) is 4.16. The predicted molar refractivity (Wildman–Crippen MR) is 98.1 cm³/mol. The topological polar surface area (TPSA) is 67.4 Å². The maximum atomic E-state index is 12.3. The Bertz CT molecular complexity index is 841. The molecule has 5 nitrogen and oxygen atoms in total. The molecule has 2 N–H and O–H groups in total. The molecule has 0 aliphatic carbocycles. The molecule has 2 aromatic carbocycles. The van der Waals surface area contributed by atoms with Crippen LogP contribution in [0.2, 0.25) is 5.02 Å². The lowest BCUT2D eigenvalue weighted by Gasteiger charge is -2.19. The molecule has 0 saturated carbocycles. The van der Waals surface area contributed by atoms with Gasteiger partial charge in [-0.2, -0.15) is 0 Å². The van der Waals surface area contributed by atoms with Gasteiger partial charge < -0.3 is 15.4 Å². The third kappa shape index (κ3) is 6.16. The summed E-state index contributed by atoms with van der Waals surface area (Å²) in [6, 6.07) is 10.2. The van der Waals surface area contributed by atoms with Crippen LogP contribution in [0.4, 0.5) is 13.2 Å². The first-order chi connectivity index (χ1) is 13.1. The van der Waals surface area contributed by atoms with E-state index < -0.39 is 30.3 Å². The number of ether oxygens (including phenoxy) is 1. The number of carbonyl (C=O) groups is 2. The smallest absolute Gasteiger partial charge is 0.406 e. The van der Waals surface area contributed by atoms with E-state index in [1.54, 1.807) is 25.1 Å². The second-order valence-electron chi connectivity index (χ2n) is 6.02. The Morgan fingerprint density at radius 1 is 1.00 bits per heavy atom. The highest BCUT2D eigenvalue weighted by Gasteiger charge is 2.31. The van der Waals surface area contributed by atoms with Crippen LogP contribution in [0.3, 0.4) is 0 Å². The highest BCUT2D eigenvalue weighted by molar-refractivity contribution is 6.33. The number of alkyl halides is 3. The quantitative estimate of drug-likeness (QED) is 0.743. The molecule has 0 fully saturated rings. The summed E-state index contributed by atoms with van der Waals surface area (Å²) >= 11 is 5.96. The minimum atomic E-state index is -4.77. The summed E-state index contributed by atoms with van der Waals surface area (Å²) in [7, 11) is 0. The van der Waals surface area contributed by atoms with Crippen molar-refractivity contribution in [2.45, 2.75) is 32.3 Å². The number of amides is 2. The van der Waals surface area contributed by atoms with Crippen molar-refractivity contribution in [1.82, 2.24) is 10.6 Å². The van der Waals surface area contributed by atoms with Gasteiger partial charge in [0, 0.05) is 0 Å². The molecular weight excluding hydrogens is 397 g/mol. The standard InChI is InChI=1S/C19H18ClF3N2O3/c1-11(13-7-9-14(10-8-13)28-19(21,22)23)24-17(26)12(2)25-18(27)15-5-3-4-6-16(15)20/h3-12H,1-2H3,(H,24,26)(H,25,27). The third-order valence-electron chi connectivity index (χ3n) is 3.83. The summed E-state index contributed by atoms with van der Waals surface area (Å²) in [5.74, 6) is -1.30. The van der Waals surface area contributed by atoms with Crippen LogP contribution >= 0.6 is 11.6 Å². The first kappa shape index (κ1) is 21.6. The zero-order chi connectivity index (χ0) is 20.9. The number of hydrogen-bond donors (Lipinski definition) is 2. The van der Waals surface area contributed by atoms with Gasteiger partial charge in [0.05, 0.1) is 16.6 Å². The highest BCUT2D eigenvalue weighted by atomic mass is 35.5. The van der Waals surface area contributed by atoms with Gasteiger partial charge in [0.25, 0.3) is 5.91 Å². The van der Waals surface area contributed by atoms with Crippen LogP contribution in [-0.4, -0.2) is 24.2 Å². The highest BCUT2D eigenvalue weighted by Crippen LogP contribution is 2.24. The van der Waals surface area contributed by atoms with Gasteiger partial charge in [-0.1, -0.05) is 35.9 Å². The van der Waals surface area contributed by atoms with E-state index in [4.69, 9.17) is 11.6 Å². The second kappa shape index (κ2) is 8.97. The molecule has 0 radical (unpaired) electrons. The first-order valence-corrected chi connectivity index (χ1v) is 8.66. The molecule has 0 aliphatic rings. The number of rotatable bonds is 6. The Morgan fingerprint density at radius 2 is 1.61 bits per heavy atom. The summed E-state index contributed by atoms with van der Waals surface area (Å²) in [6.45, 7) is 3.18. The molecule has 2 amide bonds. The lowest BCUT2D eigenvalue weighted by molar-refractivity contribution is -0.274. The van der Waals surface area contributed by atoms with Gasteiger partial charge in [-0.3, -0.25) is 9.59 Å². The van der Waals surface area contributed by atoms with Crippen molar-refractivity contribution in [2.24, 2.45) is 0 Å². The fraction of sp³-hybridized carbons (Fsp3) is 0.263. The molecule has 150 valence electrons. The molecule has 0 aromatic heterocycles. The Kier molecular flexibility index (Phi) is 6.90. The molecule has 2 aromatic rings. The summed E-state index contributed by atoms with van der Waals surface area (Å²) in [6.07, 6.45) is -4.77. The number of benzene rings is 2. The van der Waals surface area contributed by atoms with E-state index in [-0.39, 0.29) is 16.3 Å². The molecule has 0 saturated heterocycles. The molecule has 2 unspecified atom stereocenters. The summed E-state index contributed by atoms with van der Waals surface area (Å²) in [5, 5.41) is 5.50. The molecule has 0 aliphatic heterocycles. The second-order valence-corrected chi connectivity index (χ2v) is 6.43.